The van der Waals surface area contributed by atoms with Crippen LogP contribution in [0.5, 0.6) is 0 Å². The molecule has 0 saturated carbocycles. The van der Waals surface area contributed by atoms with Crippen LogP contribution >= 0.6 is 0 Å². The van der Waals surface area contributed by atoms with E-state index in [4.69, 9.17) is 0 Å². The predicted octanol–water partition coefficient (Wildman–Crippen LogP) is 2.78. The number of ketones is 1. The lowest BCUT2D eigenvalue weighted by Gasteiger charge is -2.15. The maximum Gasteiger partial charge on any atom is 0.270 e. The van der Waals surface area contributed by atoms with E-state index in [0.717, 1.165) is 12.8 Å². The van der Waals surface area contributed by atoms with Crippen LogP contribution in [0.3, 0.4) is 0 Å². The molecule has 8 nitrogen and oxygen atoms in total. The van der Waals surface area contributed by atoms with Gasteiger partial charge in [0.15, 0.2) is 5.78 Å². The number of carbonyl (C=O) groups excluding carboxylic acids is 3. The summed E-state index contributed by atoms with van der Waals surface area (Å²) in [5.74, 6) is -1.58. The quantitative estimate of drug-likeness (QED) is 0.419. The van der Waals surface area contributed by atoms with Gasteiger partial charge < -0.3 is 0 Å². The highest BCUT2D eigenvalue weighted by Gasteiger charge is 2.27. The summed E-state index contributed by atoms with van der Waals surface area (Å²) in [7, 11) is -3.58. The fourth-order valence-electron chi connectivity index (χ4n) is 3.73. The molecule has 3 aromatic carbocycles. The Kier molecular flexibility index (Phi) is 6.85. The van der Waals surface area contributed by atoms with Crippen molar-refractivity contribution in [2.75, 3.05) is 13.1 Å². The second-order valence-corrected chi connectivity index (χ2v) is 9.72. The first-order valence-corrected chi connectivity index (χ1v) is 12.2. The van der Waals surface area contributed by atoms with Crippen LogP contribution in [0.15, 0.2) is 83.8 Å². The Morgan fingerprint density at radius 2 is 1.21 bits per heavy atom. The van der Waals surface area contributed by atoms with Crippen LogP contribution in [-0.4, -0.2) is 43.4 Å². The van der Waals surface area contributed by atoms with Crippen LogP contribution in [0, 0.1) is 0 Å². The third kappa shape index (κ3) is 4.90. The summed E-state index contributed by atoms with van der Waals surface area (Å²) in [6.07, 6.45) is 1.67. The number of hydrogen-bond donors (Lipinski definition) is 2. The average molecular weight is 478 g/mol. The van der Waals surface area contributed by atoms with Gasteiger partial charge in [-0.05, 0) is 43.2 Å². The van der Waals surface area contributed by atoms with Gasteiger partial charge in [-0.2, -0.15) is 4.31 Å². The normalized spacial score (nSPS) is 13.9. The molecule has 0 aliphatic carbocycles. The number of sulfonamides is 1. The molecule has 2 N–H and O–H groups in total. The molecule has 0 aromatic heterocycles. The Balaban J connectivity index is 1.43. The zero-order valence-electron chi connectivity index (χ0n) is 18.2. The minimum Gasteiger partial charge on any atom is -0.289 e. The molecule has 2 amide bonds. The molecule has 0 atom stereocenters. The van der Waals surface area contributed by atoms with Crippen molar-refractivity contribution < 1.29 is 22.8 Å². The molecule has 1 fully saturated rings. The summed E-state index contributed by atoms with van der Waals surface area (Å²) in [6, 6.07) is 20.4. The van der Waals surface area contributed by atoms with E-state index in [2.05, 4.69) is 10.9 Å². The molecule has 1 heterocycles. The van der Waals surface area contributed by atoms with E-state index in [1.165, 1.54) is 34.6 Å². The van der Waals surface area contributed by atoms with Gasteiger partial charge in [-0.15, -0.1) is 0 Å². The van der Waals surface area contributed by atoms with Gasteiger partial charge in [-0.1, -0.05) is 48.5 Å². The zero-order valence-corrected chi connectivity index (χ0v) is 19.0. The SMILES string of the molecule is O=C(NNC(=O)c1ccccc1C(=O)c1ccccc1)c1ccc(S(=O)(=O)N2CCCC2)cc1. The number of rotatable bonds is 6. The Morgan fingerprint density at radius 3 is 1.85 bits per heavy atom. The maximum absolute atomic E-state index is 12.8. The second-order valence-electron chi connectivity index (χ2n) is 7.78. The second kappa shape index (κ2) is 9.98. The molecule has 174 valence electrons. The maximum atomic E-state index is 12.8. The number of hydrazine groups is 1. The molecule has 0 unspecified atom stereocenters. The molecule has 4 rings (SSSR count). The number of nitrogens with one attached hydrogen (secondary N) is 2. The van der Waals surface area contributed by atoms with Crippen molar-refractivity contribution in [3.63, 3.8) is 0 Å². The summed E-state index contributed by atoms with van der Waals surface area (Å²) in [5.41, 5.74) is 5.56. The molecule has 34 heavy (non-hydrogen) atoms. The molecular formula is C25H23N3O5S. The van der Waals surface area contributed by atoms with Crippen molar-refractivity contribution in [1.82, 2.24) is 15.2 Å². The van der Waals surface area contributed by atoms with Gasteiger partial charge in [-0.3, -0.25) is 25.2 Å². The van der Waals surface area contributed by atoms with Crippen molar-refractivity contribution in [1.29, 1.82) is 0 Å². The summed E-state index contributed by atoms with van der Waals surface area (Å²) in [4.78, 5) is 38.1. The molecule has 0 radical (unpaired) electrons. The van der Waals surface area contributed by atoms with Crippen molar-refractivity contribution in [2.45, 2.75) is 17.7 Å². The third-order valence-electron chi connectivity index (χ3n) is 5.56. The summed E-state index contributed by atoms with van der Waals surface area (Å²) in [6.45, 7) is 0.982. The van der Waals surface area contributed by atoms with E-state index < -0.39 is 21.8 Å². The Bertz CT molecular complexity index is 1320. The number of benzene rings is 3. The summed E-state index contributed by atoms with van der Waals surface area (Å²) >= 11 is 0. The van der Waals surface area contributed by atoms with Crippen LogP contribution in [0.1, 0.15) is 49.5 Å². The smallest absolute Gasteiger partial charge is 0.270 e. The lowest BCUT2D eigenvalue weighted by Crippen LogP contribution is -2.42. The molecule has 1 aliphatic heterocycles. The van der Waals surface area contributed by atoms with Gasteiger partial charge in [0.25, 0.3) is 11.8 Å². The Hall–Kier alpha value is -3.82. The lowest BCUT2D eigenvalue weighted by molar-refractivity contribution is 0.0845. The summed E-state index contributed by atoms with van der Waals surface area (Å²) in [5, 5.41) is 0. The van der Waals surface area contributed by atoms with E-state index in [9.17, 15) is 22.8 Å². The summed E-state index contributed by atoms with van der Waals surface area (Å²) < 4.78 is 26.7. The van der Waals surface area contributed by atoms with Gasteiger partial charge in [0.1, 0.15) is 0 Å². The van der Waals surface area contributed by atoms with Crippen molar-refractivity contribution in [3.8, 4) is 0 Å². The zero-order chi connectivity index (χ0) is 24.1. The number of hydrogen-bond acceptors (Lipinski definition) is 5. The topological polar surface area (TPSA) is 113 Å². The molecule has 0 spiro atoms. The largest absolute Gasteiger partial charge is 0.289 e. The highest BCUT2D eigenvalue weighted by Crippen LogP contribution is 2.21. The number of amides is 2. The van der Waals surface area contributed by atoms with Gasteiger partial charge >= 0.3 is 0 Å². The minimum absolute atomic E-state index is 0.114. The van der Waals surface area contributed by atoms with E-state index in [1.54, 1.807) is 48.5 Å². The predicted molar refractivity (Wildman–Crippen MR) is 126 cm³/mol. The number of carbonyl (C=O) groups is 3. The Labute approximate surface area is 197 Å². The van der Waals surface area contributed by atoms with Gasteiger partial charge in [0.05, 0.1) is 10.5 Å². The first kappa shape index (κ1) is 23.3. The standard InChI is InChI=1S/C25H23N3O5S/c29-23(18-8-2-1-3-9-18)21-10-4-5-11-22(21)25(31)27-26-24(30)19-12-14-20(15-13-19)34(32,33)28-16-6-7-17-28/h1-5,8-15H,6-7,16-17H2,(H,26,30)(H,27,31). The van der Waals surface area contributed by atoms with Crippen molar-refractivity contribution in [3.05, 3.63) is 101 Å². The third-order valence-corrected chi connectivity index (χ3v) is 7.47. The van der Waals surface area contributed by atoms with Crippen molar-refractivity contribution in [2.24, 2.45) is 0 Å². The van der Waals surface area contributed by atoms with Gasteiger partial charge in [0, 0.05) is 29.8 Å². The first-order chi connectivity index (χ1) is 16.4. The Morgan fingerprint density at radius 1 is 0.647 bits per heavy atom. The molecular weight excluding hydrogens is 454 g/mol. The van der Waals surface area contributed by atoms with Crippen LogP contribution in [-0.2, 0) is 10.0 Å². The fraction of sp³-hybridized carbons (Fsp3) is 0.160. The highest BCUT2D eigenvalue weighted by atomic mass is 32.2. The number of nitrogens with zero attached hydrogens (tertiary/aromatic N) is 1. The van der Waals surface area contributed by atoms with Crippen LogP contribution in [0.25, 0.3) is 0 Å². The average Bonchev–Trinajstić information content (AvgIpc) is 3.43. The van der Waals surface area contributed by atoms with Gasteiger partial charge in [-0.25, -0.2) is 8.42 Å². The van der Waals surface area contributed by atoms with E-state index in [1.807, 2.05) is 0 Å². The lowest BCUT2D eigenvalue weighted by atomic mass is 9.98. The minimum atomic E-state index is -3.58. The molecule has 1 saturated heterocycles. The molecule has 9 heteroatoms. The van der Waals surface area contributed by atoms with E-state index in [-0.39, 0.29) is 27.4 Å². The monoisotopic (exact) mass is 477 g/mol. The molecule has 0 bridgehead atoms. The van der Waals surface area contributed by atoms with E-state index in [0.29, 0.717) is 18.7 Å². The fourth-order valence-corrected chi connectivity index (χ4v) is 5.25. The van der Waals surface area contributed by atoms with Crippen LogP contribution in [0.2, 0.25) is 0 Å². The first-order valence-electron chi connectivity index (χ1n) is 10.8. The van der Waals surface area contributed by atoms with E-state index >= 15 is 0 Å². The van der Waals surface area contributed by atoms with Crippen LogP contribution in [0.4, 0.5) is 0 Å². The highest BCUT2D eigenvalue weighted by molar-refractivity contribution is 7.89. The molecule has 1 aliphatic rings. The van der Waals surface area contributed by atoms with Crippen LogP contribution < -0.4 is 10.9 Å². The van der Waals surface area contributed by atoms with Crippen molar-refractivity contribution >= 4 is 27.6 Å². The molecule has 3 aromatic rings. The van der Waals surface area contributed by atoms with Gasteiger partial charge in [0.2, 0.25) is 10.0 Å².